The third-order valence-corrected chi connectivity index (χ3v) is 8.02. The lowest BCUT2D eigenvalue weighted by Gasteiger charge is -2.28. The van der Waals surface area contributed by atoms with Gasteiger partial charge in [0.05, 0.1) is 12.9 Å². The molecule has 0 saturated heterocycles. The topological polar surface area (TPSA) is 156 Å². The number of imidazole rings is 1. The van der Waals surface area contributed by atoms with Gasteiger partial charge in [-0.15, -0.1) is 0 Å². The van der Waals surface area contributed by atoms with Gasteiger partial charge in [-0.3, -0.25) is 9.36 Å². The van der Waals surface area contributed by atoms with Gasteiger partial charge in [0.15, 0.2) is 17.0 Å². The minimum Gasteiger partial charge on any atom is -0.461 e. The molecule has 0 radical (unpaired) electrons. The van der Waals surface area contributed by atoms with Gasteiger partial charge in [0, 0.05) is 12.6 Å². The molecule has 0 amide bonds. The van der Waals surface area contributed by atoms with Crippen LogP contribution in [0.15, 0.2) is 36.7 Å². The van der Waals surface area contributed by atoms with Gasteiger partial charge in [-0.1, -0.05) is 18.2 Å². The quantitative estimate of drug-likeness (QED) is 0.170. The molecule has 198 valence electrons. The summed E-state index contributed by atoms with van der Waals surface area (Å²) in [7, 11) is -3.62. The summed E-state index contributed by atoms with van der Waals surface area (Å²) in [6.07, 6.45) is 6.29. The standard InChI is InChI=1S/C24H32N7O5P/c1-16(23(32)35-18-8-5-9-18)30-37(33,36-19-6-3-2-4-7-19)15-34-13-12-31-14-26-20-21(27-17-10-11-17)28-24(25)29-22(20)31/h2-4,6-7,14,16-18H,5,8-13,15H2,1H3,(H,30,33)(H3,25,27,28,29)/t16-,37?/m0/s1. The third kappa shape index (κ3) is 6.57. The largest absolute Gasteiger partial charge is 0.461 e. The van der Waals surface area contributed by atoms with Crippen molar-refractivity contribution < 1.29 is 23.4 Å². The van der Waals surface area contributed by atoms with Crippen LogP contribution in [0.25, 0.3) is 11.2 Å². The second-order valence-electron chi connectivity index (χ2n) is 9.41. The zero-order valence-electron chi connectivity index (χ0n) is 20.7. The van der Waals surface area contributed by atoms with Gasteiger partial charge in [-0.05, 0) is 51.2 Å². The molecule has 2 aliphatic rings. The average molecular weight is 530 g/mol. The number of nitrogens with two attached hydrogens (primary N) is 1. The monoisotopic (exact) mass is 529 g/mol. The SMILES string of the molecule is C[C@H](NP(=O)(COCCn1cnc2c(NC3CC3)nc(N)nc21)Oc1ccccc1)C(=O)OC1CCC1. The molecule has 37 heavy (non-hydrogen) atoms. The molecule has 2 aliphatic carbocycles. The molecular formula is C24H32N7O5P. The normalized spacial score (nSPS) is 18.1. The Balaban J connectivity index is 1.22. The van der Waals surface area contributed by atoms with E-state index in [0.717, 1.165) is 32.1 Å². The van der Waals surface area contributed by atoms with E-state index in [1.54, 1.807) is 42.1 Å². The Kier molecular flexibility index (Phi) is 7.59. The second-order valence-corrected chi connectivity index (χ2v) is 11.5. The van der Waals surface area contributed by atoms with Gasteiger partial charge in [0.2, 0.25) is 5.95 Å². The number of nitrogen functional groups attached to an aromatic ring is 1. The Hall–Kier alpha value is -3.21. The van der Waals surface area contributed by atoms with E-state index in [-0.39, 0.29) is 25.0 Å². The van der Waals surface area contributed by atoms with Crippen molar-refractivity contribution in [2.75, 3.05) is 24.0 Å². The summed E-state index contributed by atoms with van der Waals surface area (Å²) in [4.78, 5) is 25.5. The number of nitrogens with zero attached hydrogens (tertiary/aromatic N) is 4. The second kappa shape index (κ2) is 11.0. The predicted molar refractivity (Wildman–Crippen MR) is 138 cm³/mol. The number of hydrogen-bond acceptors (Lipinski definition) is 10. The zero-order valence-corrected chi connectivity index (χ0v) is 21.6. The Bertz CT molecular complexity index is 1280. The average Bonchev–Trinajstić information content (AvgIpc) is 3.57. The molecule has 3 aromatic rings. The molecule has 0 aliphatic heterocycles. The molecule has 4 N–H and O–H groups in total. The van der Waals surface area contributed by atoms with Crippen LogP contribution in [0.1, 0.15) is 39.0 Å². The minimum absolute atomic E-state index is 0.0646. The van der Waals surface area contributed by atoms with Crippen LogP contribution in [0.5, 0.6) is 5.75 Å². The van der Waals surface area contributed by atoms with Crippen LogP contribution in [0.4, 0.5) is 11.8 Å². The zero-order chi connectivity index (χ0) is 25.8. The molecule has 5 rings (SSSR count). The fraction of sp³-hybridized carbons (Fsp3) is 0.500. The molecule has 1 aromatic carbocycles. The number of rotatable bonds is 13. The lowest BCUT2D eigenvalue weighted by molar-refractivity contribution is -0.154. The molecule has 13 heteroatoms. The lowest BCUT2D eigenvalue weighted by Crippen LogP contribution is -2.38. The first-order valence-corrected chi connectivity index (χ1v) is 14.3. The molecule has 2 saturated carbocycles. The van der Waals surface area contributed by atoms with Crippen LogP contribution < -0.4 is 20.7 Å². The highest BCUT2D eigenvalue weighted by molar-refractivity contribution is 7.57. The van der Waals surface area contributed by atoms with E-state index >= 15 is 0 Å². The number of para-hydroxylation sites is 1. The molecule has 1 unspecified atom stereocenters. The van der Waals surface area contributed by atoms with Crippen molar-refractivity contribution in [2.24, 2.45) is 0 Å². The van der Waals surface area contributed by atoms with Crippen molar-refractivity contribution in [3.05, 3.63) is 36.7 Å². The van der Waals surface area contributed by atoms with Crippen LogP contribution in [-0.4, -0.2) is 56.6 Å². The van der Waals surface area contributed by atoms with Gasteiger partial charge in [0.25, 0.3) is 0 Å². The summed E-state index contributed by atoms with van der Waals surface area (Å²) >= 11 is 0. The minimum atomic E-state index is -3.62. The van der Waals surface area contributed by atoms with Crippen molar-refractivity contribution in [1.82, 2.24) is 24.6 Å². The first-order chi connectivity index (χ1) is 17.9. The fourth-order valence-corrected chi connectivity index (χ4v) is 5.55. The number of carbonyl (C=O) groups is 1. The predicted octanol–water partition coefficient (Wildman–Crippen LogP) is 3.30. The van der Waals surface area contributed by atoms with E-state index in [2.05, 4.69) is 25.4 Å². The fourth-order valence-electron chi connectivity index (χ4n) is 3.84. The third-order valence-electron chi connectivity index (χ3n) is 6.21. The van der Waals surface area contributed by atoms with Gasteiger partial charge in [-0.25, -0.2) is 10.1 Å². The Morgan fingerprint density at radius 2 is 2.00 bits per heavy atom. The highest BCUT2D eigenvalue weighted by Gasteiger charge is 2.33. The van der Waals surface area contributed by atoms with Gasteiger partial charge >= 0.3 is 13.5 Å². The van der Waals surface area contributed by atoms with Gasteiger partial charge in [-0.2, -0.15) is 9.97 Å². The van der Waals surface area contributed by atoms with E-state index in [1.807, 2.05) is 6.07 Å². The smallest absolute Gasteiger partial charge is 0.342 e. The molecule has 0 spiro atoms. The molecule has 2 atom stereocenters. The molecular weight excluding hydrogens is 497 g/mol. The van der Waals surface area contributed by atoms with Crippen LogP contribution in [-0.2, 0) is 25.4 Å². The number of ether oxygens (including phenoxy) is 2. The maximum atomic E-state index is 13.7. The van der Waals surface area contributed by atoms with Gasteiger partial charge < -0.3 is 29.6 Å². The van der Waals surface area contributed by atoms with Gasteiger partial charge in [0.1, 0.15) is 24.2 Å². The van der Waals surface area contributed by atoms with Crippen LogP contribution >= 0.6 is 7.52 Å². The lowest BCUT2D eigenvalue weighted by atomic mass is 9.96. The number of esters is 1. The summed E-state index contributed by atoms with van der Waals surface area (Å²) in [6.45, 7) is 2.20. The summed E-state index contributed by atoms with van der Waals surface area (Å²) in [5.74, 6) is 0.729. The number of nitrogens with one attached hydrogen (secondary N) is 2. The number of fused-ring (bicyclic) bond motifs is 1. The molecule has 12 nitrogen and oxygen atoms in total. The van der Waals surface area contributed by atoms with Crippen LogP contribution in [0.3, 0.4) is 0 Å². The highest BCUT2D eigenvalue weighted by atomic mass is 31.2. The van der Waals surface area contributed by atoms with Crippen LogP contribution in [0.2, 0.25) is 0 Å². The maximum Gasteiger partial charge on any atom is 0.342 e. The first kappa shape index (κ1) is 25.4. The summed E-state index contributed by atoms with van der Waals surface area (Å²) in [5, 5.41) is 6.16. The molecule has 2 aromatic heterocycles. The highest BCUT2D eigenvalue weighted by Crippen LogP contribution is 2.43. The summed E-state index contributed by atoms with van der Waals surface area (Å²) in [6, 6.07) is 8.34. The molecule has 2 fully saturated rings. The summed E-state index contributed by atoms with van der Waals surface area (Å²) in [5.41, 5.74) is 7.14. The van der Waals surface area contributed by atoms with Crippen molar-refractivity contribution in [2.45, 2.75) is 63.8 Å². The number of carbonyl (C=O) groups excluding carboxylic acids is 1. The number of hydrogen-bond donors (Lipinski definition) is 3. The van der Waals surface area contributed by atoms with Crippen molar-refractivity contribution in [1.29, 1.82) is 0 Å². The Morgan fingerprint density at radius 3 is 2.70 bits per heavy atom. The van der Waals surface area contributed by atoms with Crippen molar-refractivity contribution in [3.63, 3.8) is 0 Å². The molecule has 0 bridgehead atoms. The van der Waals surface area contributed by atoms with E-state index in [1.165, 1.54) is 0 Å². The van der Waals surface area contributed by atoms with Crippen molar-refractivity contribution in [3.8, 4) is 5.75 Å². The van der Waals surface area contributed by atoms with E-state index in [9.17, 15) is 9.36 Å². The molecule has 2 heterocycles. The van der Waals surface area contributed by atoms with Crippen molar-refractivity contribution >= 4 is 36.4 Å². The Labute approximate surface area is 214 Å². The van der Waals surface area contributed by atoms with E-state index in [0.29, 0.717) is 35.3 Å². The Morgan fingerprint density at radius 1 is 1.22 bits per heavy atom. The number of aromatic nitrogens is 4. The summed E-state index contributed by atoms with van der Waals surface area (Å²) < 4.78 is 32.5. The maximum absolute atomic E-state index is 13.7. The first-order valence-electron chi connectivity index (χ1n) is 12.5. The van der Waals surface area contributed by atoms with E-state index < -0.39 is 19.5 Å². The van der Waals surface area contributed by atoms with E-state index in [4.69, 9.17) is 19.7 Å². The number of anilines is 2. The van der Waals surface area contributed by atoms with Crippen LogP contribution in [0, 0.1) is 0 Å². The number of benzene rings is 1.